The molecule has 152 valence electrons. The lowest BCUT2D eigenvalue weighted by Crippen LogP contribution is -2.31. The van der Waals surface area contributed by atoms with Crippen molar-refractivity contribution in [1.82, 2.24) is 14.5 Å². The highest BCUT2D eigenvalue weighted by atomic mass is 35.5. The second kappa shape index (κ2) is 8.04. The molecule has 1 aromatic carbocycles. The molecule has 2 aromatic heterocycles. The first-order valence-electron chi connectivity index (χ1n) is 8.80. The van der Waals surface area contributed by atoms with E-state index in [2.05, 4.69) is 15.3 Å². The van der Waals surface area contributed by atoms with Crippen LogP contribution < -0.4 is 16.6 Å². The van der Waals surface area contributed by atoms with Crippen molar-refractivity contribution >= 4 is 34.3 Å². The number of hydrogen-bond acceptors (Lipinski definition) is 5. The van der Waals surface area contributed by atoms with Crippen LogP contribution in [-0.4, -0.2) is 32.2 Å². The smallest absolute Gasteiger partial charge is 0.334 e. The molecule has 29 heavy (non-hydrogen) atoms. The van der Waals surface area contributed by atoms with E-state index in [1.165, 1.54) is 0 Å². The number of aromatic nitrogens is 3. The number of H-pyrrole nitrogens is 1. The van der Waals surface area contributed by atoms with Crippen molar-refractivity contribution in [2.75, 3.05) is 11.9 Å². The van der Waals surface area contributed by atoms with Gasteiger partial charge in [0.15, 0.2) is 16.6 Å². The maximum absolute atomic E-state index is 13.9. The number of carboxylic acids is 1. The molecule has 0 aliphatic rings. The van der Waals surface area contributed by atoms with E-state index in [0.29, 0.717) is 11.4 Å². The van der Waals surface area contributed by atoms with E-state index in [1.54, 1.807) is 18.2 Å². The lowest BCUT2D eigenvalue weighted by molar-refractivity contribution is -0.136. The SMILES string of the molecule is CC(C)c1cccc(NCCC(=O)O)c1-n1c(=O)[nH]c(=O)c2cc(F)c(Cl)nc21. The number of halogens is 2. The molecular formula is C19H18ClFN4O4. The van der Waals surface area contributed by atoms with Crippen LogP contribution in [0, 0.1) is 5.82 Å². The molecular weight excluding hydrogens is 403 g/mol. The first-order valence-corrected chi connectivity index (χ1v) is 9.18. The van der Waals surface area contributed by atoms with Crippen LogP contribution in [-0.2, 0) is 4.79 Å². The average Bonchev–Trinajstić information content (AvgIpc) is 2.64. The van der Waals surface area contributed by atoms with E-state index in [4.69, 9.17) is 16.7 Å². The topological polar surface area (TPSA) is 117 Å². The first kappa shape index (κ1) is 20.5. The molecule has 0 spiro atoms. The average molecular weight is 421 g/mol. The van der Waals surface area contributed by atoms with E-state index < -0.39 is 28.2 Å². The van der Waals surface area contributed by atoms with Crippen LogP contribution in [0.15, 0.2) is 33.9 Å². The third kappa shape index (κ3) is 4.00. The molecule has 8 nitrogen and oxygen atoms in total. The molecule has 0 atom stereocenters. The van der Waals surface area contributed by atoms with Crippen molar-refractivity contribution in [3.05, 3.63) is 61.6 Å². The zero-order valence-electron chi connectivity index (χ0n) is 15.6. The molecule has 0 bridgehead atoms. The van der Waals surface area contributed by atoms with Crippen LogP contribution in [0.4, 0.5) is 10.1 Å². The predicted octanol–water partition coefficient (Wildman–Crippen LogP) is 2.88. The Morgan fingerprint density at radius 1 is 1.38 bits per heavy atom. The zero-order chi connectivity index (χ0) is 21.3. The minimum atomic E-state index is -0.977. The molecule has 0 aliphatic heterocycles. The number of carbonyl (C=O) groups is 1. The monoisotopic (exact) mass is 420 g/mol. The van der Waals surface area contributed by atoms with Gasteiger partial charge in [-0.3, -0.25) is 14.6 Å². The number of fused-ring (bicyclic) bond motifs is 1. The van der Waals surface area contributed by atoms with Gasteiger partial charge < -0.3 is 10.4 Å². The molecule has 0 saturated carbocycles. The number of nitrogens with zero attached hydrogens (tertiary/aromatic N) is 2. The van der Waals surface area contributed by atoms with Crippen molar-refractivity contribution in [2.45, 2.75) is 26.2 Å². The quantitative estimate of drug-likeness (QED) is 0.528. The minimum absolute atomic E-state index is 0.0315. The number of anilines is 1. The number of benzene rings is 1. The van der Waals surface area contributed by atoms with Crippen LogP contribution in [0.5, 0.6) is 0 Å². The largest absolute Gasteiger partial charge is 0.481 e. The van der Waals surface area contributed by atoms with E-state index in [0.717, 1.165) is 16.2 Å². The summed E-state index contributed by atoms with van der Waals surface area (Å²) in [6, 6.07) is 6.17. The van der Waals surface area contributed by atoms with Crippen LogP contribution in [0.1, 0.15) is 31.7 Å². The molecule has 3 N–H and O–H groups in total. The molecule has 3 aromatic rings. The van der Waals surface area contributed by atoms with E-state index in [1.807, 2.05) is 13.8 Å². The summed E-state index contributed by atoms with van der Waals surface area (Å²) in [5.74, 6) is -1.89. The van der Waals surface area contributed by atoms with Gasteiger partial charge in [-0.2, -0.15) is 0 Å². The summed E-state index contributed by atoms with van der Waals surface area (Å²) >= 11 is 5.82. The van der Waals surface area contributed by atoms with E-state index in [-0.39, 0.29) is 29.9 Å². The molecule has 0 fully saturated rings. The van der Waals surface area contributed by atoms with Gasteiger partial charge in [0.1, 0.15) is 0 Å². The highest BCUT2D eigenvalue weighted by Crippen LogP contribution is 2.31. The molecule has 0 amide bonds. The summed E-state index contributed by atoms with van der Waals surface area (Å²) in [4.78, 5) is 41.9. The number of para-hydroxylation sites is 1. The van der Waals surface area contributed by atoms with E-state index in [9.17, 15) is 18.8 Å². The first-order chi connectivity index (χ1) is 13.7. The summed E-state index contributed by atoms with van der Waals surface area (Å²) in [7, 11) is 0. The van der Waals surface area contributed by atoms with Gasteiger partial charge in [0.05, 0.1) is 23.2 Å². The maximum Gasteiger partial charge on any atom is 0.334 e. The van der Waals surface area contributed by atoms with Crippen molar-refractivity contribution in [2.24, 2.45) is 0 Å². The normalized spacial score (nSPS) is 11.2. The number of hydrogen-bond donors (Lipinski definition) is 3. The lowest BCUT2D eigenvalue weighted by Gasteiger charge is -2.20. The Morgan fingerprint density at radius 3 is 2.76 bits per heavy atom. The molecule has 0 saturated heterocycles. The third-order valence-corrected chi connectivity index (χ3v) is 4.63. The van der Waals surface area contributed by atoms with Gasteiger partial charge in [-0.05, 0) is 23.6 Å². The molecule has 2 heterocycles. The Labute approximate surface area is 169 Å². The molecule has 3 rings (SSSR count). The number of pyridine rings is 1. The standard InChI is InChI=1S/C19H18ClFN4O4/c1-9(2)10-4-3-5-13(22-7-6-14(26)27)15(10)25-17-11(18(28)24-19(25)29)8-12(21)16(20)23-17/h3-5,8-9,22H,6-7H2,1-2H3,(H,26,27)(H,24,28,29). The Morgan fingerprint density at radius 2 is 2.10 bits per heavy atom. The summed E-state index contributed by atoms with van der Waals surface area (Å²) in [5, 5.41) is 11.3. The van der Waals surface area contributed by atoms with Crippen LogP contribution >= 0.6 is 11.6 Å². The number of aromatic amines is 1. The highest BCUT2D eigenvalue weighted by molar-refractivity contribution is 6.29. The second-order valence-corrected chi connectivity index (χ2v) is 7.05. The van der Waals surface area contributed by atoms with Crippen LogP contribution in [0.25, 0.3) is 16.7 Å². The fraction of sp³-hybridized carbons (Fsp3) is 0.263. The number of aliphatic carboxylic acids is 1. The Bertz CT molecular complexity index is 1220. The van der Waals surface area contributed by atoms with Crippen LogP contribution in [0.3, 0.4) is 0 Å². The van der Waals surface area contributed by atoms with Crippen molar-refractivity contribution in [1.29, 1.82) is 0 Å². The third-order valence-electron chi connectivity index (χ3n) is 4.36. The second-order valence-electron chi connectivity index (χ2n) is 6.70. The summed E-state index contributed by atoms with van der Waals surface area (Å²) in [6.45, 7) is 3.94. The Balaban J connectivity index is 2.36. The van der Waals surface area contributed by atoms with E-state index >= 15 is 0 Å². The predicted molar refractivity (Wildman–Crippen MR) is 108 cm³/mol. The highest BCUT2D eigenvalue weighted by Gasteiger charge is 2.20. The zero-order valence-corrected chi connectivity index (χ0v) is 16.4. The van der Waals surface area contributed by atoms with Crippen molar-refractivity contribution in [3.63, 3.8) is 0 Å². The van der Waals surface area contributed by atoms with Crippen molar-refractivity contribution in [3.8, 4) is 5.69 Å². The number of carboxylic acid groups (broad SMARTS) is 1. The molecule has 0 aliphatic carbocycles. The van der Waals surface area contributed by atoms with Gasteiger partial charge in [-0.15, -0.1) is 0 Å². The minimum Gasteiger partial charge on any atom is -0.481 e. The Kier molecular flexibility index (Phi) is 5.69. The summed E-state index contributed by atoms with van der Waals surface area (Å²) in [6.07, 6.45) is -0.137. The molecule has 0 unspecified atom stereocenters. The number of rotatable bonds is 6. The molecule has 0 radical (unpaired) electrons. The maximum atomic E-state index is 13.9. The Hall–Kier alpha value is -3.20. The fourth-order valence-corrected chi connectivity index (χ4v) is 3.18. The van der Waals surface area contributed by atoms with Gasteiger partial charge in [0.2, 0.25) is 0 Å². The van der Waals surface area contributed by atoms with Gasteiger partial charge >= 0.3 is 11.7 Å². The fourth-order valence-electron chi connectivity index (χ4n) is 3.04. The molecule has 10 heteroatoms. The number of nitrogens with one attached hydrogen (secondary N) is 2. The summed E-state index contributed by atoms with van der Waals surface area (Å²) in [5.41, 5.74) is -0.0641. The van der Waals surface area contributed by atoms with Gasteiger partial charge in [0, 0.05) is 6.54 Å². The van der Waals surface area contributed by atoms with Gasteiger partial charge in [-0.1, -0.05) is 37.6 Å². The van der Waals surface area contributed by atoms with Gasteiger partial charge in [0.25, 0.3) is 5.56 Å². The summed E-state index contributed by atoms with van der Waals surface area (Å²) < 4.78 is 15.0. The van der Waals surface area contributed by atoms with Crippen molar-refractivity contribution < 1.29 is 14.3 Å². The lowest BCUT2D eigenvalue weighted by atomic mass is 9.99. The van der Waals surface area contributed by atoms with Crippen LogP contribution in [0.2, 0.25) is 5.15 Å². The van der Waals surface area contributed by atoms with Gasteiger partial charge in [-0.25, -0.2) is 18.7 Å².